The predicted molar refractivity (Wildman–Crippen MR) is 68.9 cm³/mol. The van der Waals surface area contributed by atoms with Crippen LogP contribution in [0.3, 0.4) is 0 Å². The first-order valence-corrected chi connectivity index (χ1v) is 6.38. The van der Waals surface area contributed by atoms with Crippen molar-refractivity contribution >= 4 is 16.8 Å². The van der Waals surface area contributed by atoms with Gasteiger partial charge in [0.2, 0.25) is 0 Å². The third kappa shape index (κ3) is 1.47. The van der Waals surface area contributed by atoms with Crippen LogP contribution >= 0.6 is 0 Å². The summed E-state index contributed by atoms with van der Waals surface area (Å²) in [4.78, 5) is 16.2. The molecule has 5 nitrogen and oxygen atoms in total. The van der Waals surface area contributed by atoms with E-state index in [9.17, 15) is 4.79 Å². The van der Waals surface area contributed by atoms with Crippen LogP contribution in [0.4, 0.5) is 5.69 Å². The molecule has 18 heavy (non-hydrogen) atoms. The fourth-order valence-electron chi connectivity index (χ4n) is 3.20. The molecule has 2 saturated heterocycles. The third-order valence-electron chi connectivity index (χ3n) is 4.16. The average molecular weight is 245 g/mol. The number of anilines is 1. The van der Waals surface area contributed by atoms with E-state index in [1.807, 2.05) is 12.1 Å². The Kier molecular flexibility index (Phi) is 2.05. The van der Waals surface area contributed by atoms with Crippen LogP contribution in [0.25, 0.3) is 11.1 Å². The van der Waals surface area contributed by atoms with Gasteiger partial charge in [-0.05, 0) is 24.0 Å². The SMILES string of the molecule is O=c1[nH]c2ccc(N3C[C@H]4CNC[C@H]4C3)cc2o1. The number of hydrogen-bond acceptors (Lipinski definition) is 4. The number of rotatable bonds is 1. The fourth-order valence-corrected chi connectivity index (χ4v) is 3.20. The standard InChI is InChI=1S/C13H15N3O2/c17-13-15-11-2-1-10(3-12(11)18-13)16-6-8-4-14-5-9(8)7-16/h1-3,8-9,14H,4-7H2,(H,15,17)/t8-,9+. The molecule has 2 aliphatic rings. The van der Waals surface area contributed by atoms with Crippen molar-refractivity contribution in [1.82, 2.24) is 10.3 Å². The molecule has 94 valence electrons. The van der Waals surface area contributed by atoms with E-state index in [2.05, 4.69) is 21.3 Å². The van der Waals surface area contributed by atoms with Crippen LogP contribution in [-0.2, 0) is 0 Å². The van der Waals surface area contributed by atoms with Crippen molar-refractivity contribution < 1.29 is 4.42 Å². The summed E-state index contributed by atoms with van der Waals surface area (Å²) in [5.74, 6) is 1.14. The second-order valence-corrected chi connectivity index (χ2v) is 5.28. The van der Waals surface area contributed by atoms with Crippen molar-refractivity contribution in [2.45, 2.75) is 0 Å². The lowest BCUT2D eigenvalue weighted by atomic mass is 10.0. The molecule has 2 fully saturated rings. The average Bonchev–Trinajstić information content (AvgIpc) is 2.97. The highest BCUT2D eigenvalue weighted by atomic mass is 16.4. The quantitative estimate of drug-likeness (QED) is 0.779. The smallest absolute Gasteiger partial charge is 0.408 e. The zero-order chi connectivity index (χ0) is 12.1. The maximum absolute atomic E-state index is 11.1. The molecule has 0 amide bonds. The number of oxazole rings is 1. The lowest BCUT2D eigenvalue weighted by molar-refractivity contribution is 0.533. The van der Waals surface area contributed by atoms with Gasteiger partial charge in [0.15, 0.2) is 5.58 Å². The summed E-state index contributed by atoms with van der Waals surface area (Å²) in [6.45, 7) is 4.45. The fraction of sp³-hybridized carbons (Fsp3) is 0.462. The van der Waals surface area contributed by atoms with Gasteiger partial charge in [-0.15, -0.1) is 0 Å². The molecule has 4 rings (SSSR count). The highest BCUT2D eigenvalue weighted by molar-refractivity contribution is 5.77. The van der Waals surface area contributed by atoms with Crippen molar-refractivity contribution in [2.75, 3.05) is 31.1 Å². The molecule has 1 aromatic heterocycles. The molecule has 0 aliphatic carbocycles. The first kappa shape index (κ1) is 10.2. The van der Waals surface area contributed by atoms with Gasteiger partial charge in [0, 0.05) is 37.9 Å². The number of nitrogens with one attached hydrogen (secondary N) is 2. The van der Waals surface area contributed by atoms with Gasteiger partial charge in [0.05, 0.1) is 5.52 Å². The first-order valence-electron chi connectivity index (χ1n) is 6.38. The summed E-state index contributed by atoms with van der Waals surface area (Å²) >= 11 is 0. The minimum absolute atomic E-state index is 0.385. The van der Waals surface area contributed by atoms with Gasteiger partial charge >= 0.3 is 5.76 Å². The normalized spacial score (nSPS) is 27.0. The Hall–Kier alpha value is -1.75. The Morgan fingerprint density at radius 3 is 2.78 bits per heavy atom. The lowest BCUT2D eigenvalue weighted by Gasteiger charge is -2.19. The van der Waals surface area contributed by atoms with Crippen molar-refractivity contribution in [2.24, 2.45) is 11.8 Å². The summed E-state index contributed by atoms with van der Waals surface area (Å²) in [7, 11) is 0. The van der Waals surface area contributed by atoms with E-state index < -0.39 is 0 Å². The van der Waals surface area contributed by atoms with Crippen LogP contribution in [0.5, 0.6) is 0 Å². The highest BCUT2D eigenvalue weighted by Gasteiger charge is 2.36. The molecule has 0 radical (unpaired) electrons. The molecular weight excluding hydrogens is 230 g/mol. The number of aromatic amines is 1. The van der Waals surface area contributed by atoms with Gasteiger partial charge in [-0.3, -0.25) is 4.98 Å². The second kappa shape index (κ2) is 3.62. The van der Waals surface area contributed by atoms with E-state index in [0.29, 0.717) is 5.58 Å². The van der Waals surface area contributed by atoms with Crippen LogP contribution in [0, 0.1) is 11.8 Å². The molecule has 2 atom stereocenters. The van der Waals surface area contributed by atoms with E-state index >= 15 is 0 Å². The molecule has 2 aromatic rings. The number of benzene rings is 1. The second-order valence-electron chi connectivity index (χ2n) is 5.28. The van der Waals surface area contributed by atoms with Crippen LogP contribution in [0.2, 0.25) is 0 Å². The molecule has 3 heterocycles. The summed E-state index contributed by atoms with van der Waals surface area (Å²) in [6.07, 6.45) is 0. The number of nitrogens with zero attached hydrogens (tertiary/aromatic N) is 1. The monoisotopic (exact) mass is 245 g/mol. The van der Waals surface area contributed by atoms with E-state index in [4.69, 9.17) is 4.42 Å². The topological polar surface area (TPSA) is 61.3 Å². The Bertz CT molecular complexity index is 633. The van der Waals surface area contributed by atoms with Crippen LogP contribution < -0.4 is 16.0 Å². The van der Waals surface area contributed by atoms with Crippen LogP contribution in [0.15, 0.2) is 27.4 Å². The molecule has 2 N–H and O–H groups in total. The van der Waals surface area contributed by atoms with Gasteiger partial charge in [-0.2, -0.15) is 0 Å². The largest absolute Gasteiger partial charge is 0.417 e. The first-order chi connectivity index (χ1) is 8.79. The number of H-pyrrole nitrogens is 1. The van der Waals surface area contributed by atoms with Gasteiger partial charge in [0.1, 0.15) is 0 Å². The van der Waals surface area contributed by atoms with Gasteiger partial charge in [0.25, 0.3) is 0 Å². The maximum atomic E-state index is 11.1. The van der Waals surface area contributed by atoms with Crippen molar-refractivity contribution in [1.29, 1.82) is 0 Å². The minimum Gasteiger partial charge on any atom is -0.408 e. The van der Waals surface area contributed by atoms with Gasteiger partial charge < -0.3 is 14.6 Å². The minimum atomic E-state index is -0.385. The third-order valence-corrected chi connectivity index (χ3v) is 4.16. The van der Waals surface area contributed by atoms with E-state index in [-0.39, 0.29) is 5.76 Å². The summed E-state index contributed by atoms with van der Waals surface area (Å²) < 4.78 is 5.11. The number of fused-ring (bicyclic) bond motifs is 2. The van der Waals surface area contributed by atoms with Crippen molar-refractivity contribution in [3.63, 3.8) is 0 Å². The van der Waals surface area contributed by atoms with Crippen molar-refractivity contribution in [3.8, 4) is 0 Å². The van der Waals surface area contributed by atoms with E-state index in [1.54, 1.807) is 0 Å². The molecule has 1 aromatic carbocycles. The van der Waals surface area contributed by atoms with Crippen LogP contribution in [-0.4, -0.2) is 31.2 Å². The summed E-state index contributed by atoms with van der Waals surface area (Å²) in [6, 6.07) is 5.94. The number of aromatic nitrogens is 1. The Morgan fingerprint density at radius 2 is 2.00 bits per heavy atom. The Labute approximate surface area is 104 Å². The molecule has 0 unspecified atom stereocenters. The zero-order valence-corrected chi connectivity index (χ0v) is 9.98. The molecule has 0 spiro atoms. The molecule has 0 saturated carbocycles. The Balaban J connectivity index is 1.68. The van der Waals surface area contributed by atoms with Gasteiger partial charge in [-0.25, -0.2) is 4.79 Å². The van der Waals surface area contributed by atoms with Gasteiger partial charge in [-0.1, -0.05) is 0 Å². The summed E-state index contributed by atoms with van der Waals surface area (Å²) in [5.41, 5.74) is 2.57. The summed E-state index contributed by atoms with van der Waals surface area (Å²) in [5, 5.41) is 3.44. The maximum Gasteiger partial charge on any atom is 0.417 e. The Morgan fingerprint density at radius 1 is 1.22 bits per heavy atom. The molecule has 2 aliphatic heterocycles. The number of hydrogen-bond donors (Lipinski definition) is 2. The highest BCUT2D eigenvalue weighted by Crippen LogP contribution is 2.31. The molecular formula is C13H15N3O2. The molecule has 0 bridgehead atoms. The van der Waals surface area contributed by atoms with Crippen LogP contribution in [0.1, 0.15) is 0 Å². The lowest BCUT2D eigenvalue weighted by Crippen LogP contribution is -2.25. The molecule has 5 heteroatoms. The van der Waals surface area contributed by atoms with E-state index in [0.717, 1.165) is 49.2 Å². The predicted octanol–water partition coefficient (Wildman–Crippen LogP) is 0.777. The zero-order valence-electron chi connectivity index (χ0n) is 9.98. The van der Waals surface area contributed by atoms with E-state index in [1.165, 1.54) is 0 Å². The van der Waals surface area contributed by atoms with Crippen molar-refractivity contribution in [3.05, 3.63) is 28.7 Å².